The number of aliphatic hydroxyl groups is 1. The predicted molar refractivity (Wildman–Crippen MR) is 128 cm³/mol. The number of halogens is 1. The van der Waals surface area contributed by atoms with Gasteiger partial charge >= 0.3 is 0 Å². The minimum Gasteiger partial charge on any atom is -0.388 e. The molecule has 0 fully saturated rings. The molecular weight excluding hydrogens is 373 g/mol. The summed E-state index contributed by atoms with van der Waals surface area (Å²) in [5, 5.41) is 13.5. The van der Waals surface area contributed by atoms with Crippen LogP contribution < -0.4 is 5.32 Å². The van der Waals surface area contributed by atoms with E-state index in [2.05, 4.69) is 12.2 Å². The molecule has 2 N–H and O–H groups in total. The SMILES string of the molecule is CCCCCCCCCCCCCCCCCCNCCC(O)c1ccc(F)cc1. The molecule has 2 nitrogen and oxygen atoms in total. The molecule has 1 rings (SSSR count). The highest BCUT2D eigenvalue weighted by Crippen LogP contribution is 2.16. The number of benzene rings is 1. The average molecular weight is 422 g/mol. The fraction of sp³-hybridized carbons (Fsp3) is 0.778. The van der Waals surface area contributed by atoms with Crippen molar-refractivity contribution in [2.75, 3.05) is 13.1 Å². The molecule has 1 aromatic rings. The molecule has 0 aliphatic heterocycles. The maximum Gasteiger partial charge on any atom is 0.123 e. The lowest BCUT2D eigenvalue weighted by Crippen LogP contribution is -2.18. The molecule has 0 heterocycles. The maximum atomic E-state index is 12.9. The van der Waals surface area contributed by atoms with Gasteiger partial charge in [-0.2, -0.15) is 0 Å². The molecule has 1 aromatic carbocycles. The molecule has 0 saturated heterocycles. The zero-order valence-electron chi connectivity index (χ0n) is 19.6. The lowest BCUT2D eigenvalue weighted by Gasteiger charge is -2.11. The number of rotatable bonds is 21. The van der Waals surface area contributed by atoms with Crippen molar-refractivity contribution in [2.24, 2.45) is 0 Å². The minimum atomic E-state index is -0.510. The van der Waals surface area contributed by atoms with Gasteiger partial charge in [-0.3, -0.25) is 0 Å². The van der Waals surface area contributed by atoms with Crippen molar-refractivity contribution in [1.29, 1.82) is 0 Å². The molecule has 3 heteroatoms. The Morgan fingerprint density at radius 2 is 1.10 bits per heavy atom. The Hall–Kier alpha value is -0.930. The van der Waals surface area contributed by atoms with Crippen molar-refractivity contribution in [1.82, 2.24) is 5.32 Å². The van der Waals surface area contributed by atoms with Gasteiger partial charge in [-0.05, 0) is 43.6 Å². The highest BCUT2D eigenvalue weighted by molar-refractivity contribution is 5.18. The molecule has 0 bridgehead atoms. The van der Waals surface area contributed by atoms with Crippen molar-refractivity contribution in [2.45, 2.75) is 122 Å². The van der Waals surface area contributed by atoms with Crippen LogP contribution in [0.4, 0.5) is 4.39 Å². The molecule has 0 radical (unpaired) electrons. The van der Waals surface area contributed by atoms with Crippen LogP contribution in [0.3, 0.4) is 0 Å². The van der Waals surface area contributed by atoms with Gasteiger partial charge in [0.25, 0.3) is 0 Å². The summed E-state index contributed by atoms with van der Waals surface area (Å²) in [4.78, 5) is 0. The zero-order valence-corrected chi connectivity index (χ0v) is 19.6. The summed E-state index contributed by atoms with van der Waals surface area (Å²) in [7, 11) is 0. The van der Waals surface area contributed by atoms with Gasteiger partial charge in [-0.1, -0.05) is 115 Å². The standard InChI is InChI=1S/C27H48FNO/c1-2-3-4-5-6-7-8-9-10-11-12-13-14-15-16-17-23-29-24-22-27(30)25-18-20-26(28)21-19-25/h18-21,27,29-30H,2-17,22-24H2,1H3. The summed E-state index contributed by atoms with van der Waals surface area (Å²) < 4.78 is 12.9. The van der Waals surface area contributed by atoms with Crippen LogP contribution in [0.2, 0.25) is 0 Å². The molecule has 1 unspecified atom stereocenters. The van der Waals surface area contributed by atoms with Gasteiger partial charge in [0.05, 0.1) is 6.10 Å². The third kappa shape index (κ3) is 15.8. The first-order chi connectivity index (χ1) is 14.7. The monoisotopic (exact) mass is 421 g/mol. The van der Waals surface area contributed by atoms with Crippen LogP contribution in [0.1, 0.15) is 128 Å². The van der Waals surface area contributed by atoms with E-state index >= 15 is 0 Å². The molecule has 174 valence electrons. The first-order valence-electron chi connectivity index (χ1n) is 12.9. The molecule has 0 aliphatic rings. The topological polar surface area (TPSA) is 32.3 Å². The van der Waals surface area contributed by atoms with Gasteiger partial charge in [-0.25, -0.2) is 4.39 Å². The fourth-order valence-electron chi connectivity index (χ4n) is 4.01. The van der Waals surface area contributed by atoms with E-state index in [-0.39, 0.29) is 5.82 Å². The lowest BCUT2D eigenvalue weighted by atomic mass is 10.0. The molecule has 0 aromatic heterocycles. The molecule has 0 aliphatic carbocycles. The number of hydrogen-bond donors (Lipinski definition) is 2. The largest absolute Gasteiger partial charge is 0.388 e. The van der Waals surface area contributed by atoms with Gasteiger partial charge in [-0.15, -0.1) is 0 Å². The van der Waals surface area contributed by atoms with Gasteiger partial charge in [0.2, 0.25) is 0 Å². The summed E-state index contributed by atoms with van der Waals surface area (Å²) >= 11 is 0. The summed E-state index contributed by atoms with van der Waals surface area (Å²) in [6, 6.07) is 6.14. The van der Waals surface area contributed by atoms with Crippen LogP contribution in [0.15, 0.2) is 24.3 Å². The van der Waals surface area contributed by atoms with Crippen molar-refractivity contribution >= 4 is 0 Å². The third-order valence-corrected chi connectivity index (χ3v) is 6.06. The number of nitrogens with one attached hydrogen (secondary N) is 1. The van der Waals surface area contributed by atoms with Gasteiger partial charge in [0, 0.05) is 0 Å². The zero-order chi connectivity index (χ0) is 21.7. The fourth-order valence-corrected chi connectivity index (χ4v) is 4.01. The lowest BCUT2D eigenvalue weighted by molar-refractivity contribution is 0.167. The van der Waals surface area contributed by atoms with Crippen LogP contribution in [-0.4, -0.2) is 18.2 Å². The summed E-state index contributed by atoms with van der Waals surface area (Å²) in [6.07, 6.45) is 22.5. The predicted octanol–water partition coefficient (Wildman–Crippen LogP) is 8.10. The van der Waals surface area contributed by atoms with E-state index in [1.165, 1.54) is 115 Å². The van der Waals surface area contributed by atoms with Crippen LogP contribution in [0, 0.1) is 5.82 Å². The highest BCUT2D eigenvalue weighted by atomic mass is 19.1. The average Bonchev–Trinajstić information content (AvgIpc) is 2.75. The number of aliphatic hydroxyl groups excluding tert-OH is 1. The van der Waals surface area contributed by atoms with Crippen LogP contribution in [0.25, 0.3) is 0 Å². The van der Waals surface area contributed by atoms with Gasteiger partial charge in [0.15, 0.2) is 0 Å². The van der Waals surface area contributed by atoms with E-state index in [1.54, 1.807) is 12.1 Å². The van der Waals surface area contributed by atoms with E-state index in [0.717, 1.165) is 18.7 Å². The molecule has 30 heavy (non-hydrogen) atoms. The van der Waals surface area contributed by atoms with E-state index in [1.807, 2.05) is 0 Å². The number of unbranched alkanes of at least 4 members (excludes halogenated alkanes) is 15. The first kappa shape index (κ1) is 27.1. The molecule has 0 amide bonds. The summed E-state index contributed by atoms with van der Waals surface area (Å²) in [6.45, 7) is 4.11. The Bertz CT molecular complexity index is 476. The quantitative estimate of drug-likeness (QED) is 0.196. The van der Waals surface area contributed by atoms with E-state index < -0.39 is 6.10 Å². The molecule has 0 saturated carbocycles. The Balaban J connectivity index is 1.75. The smallest absolute Gasteiger partial charge is 0.123 e. The Kier molecular flexibility index (Phi) is 18.1. The van der Waals surface area contributed by atoms with Crippen molar-refractivity contribution in [3.63, 3.8) is 0 Å². The van der Waals surface area contributed by atoms with Gasteiger partial charge in [0.1, 0.15) is 5.82 Å². The second-order valence-corrected chi connectivity index (χ2v) is 8.91. The summed E-state index contributed by atoms with van der Waals surface area (Å²) in [5.41, 5.74) is 0.792. The molecule has 0 spiro atoms. The first-order valence-corrected chi connectivity index (χ1v) is 12.9. The minimum absolute atomic E-state index is 0.257. The van der Waals surface area contributed by atoms with Crippen LogP contribution in [-0.2, 0) is 0 Å². The Labute approximate surface area is 186 Å². The van der Waals surface area contributed by atoms with Crippen molar-refractivity contribution < 1.29 is 9.50 Å². The van der Waals surface area contributed by atoms with E-state index in [0.29, 0.717) is 6.42 Å². The van der Waals surface area contributed by atoms with Crippen molar-refractivity contribution in [3.8, 4) is 0 Å². The van der Waals surface area contributed by atoms with E-state index in [9.17, 15) is 9.50 Å². The Morgan fingerprint density at radius 3 is 1.57 bits per heavy atom. The van der Waals surface area contributed by atoms with Crippen molar-refractivity contribution in [3.05, 3.63) is 35.6 Å². The summed E-state index contributed by atoms with van der Waals surface area (Å²) in [5.74, 6) is -0.257. The maximum absolute atomic E-state index is 12.9. The molecule has 1 atom stereocenters. The number of hydrogen-bond acceptors (Lipinski definition) is 2. The van der Waals surface area contributed by atoms with Crippen LogP contribution in [0.5, 0.6) is 0 Å². The second-order valence-electron chi connectivity index (χ2n) is 8.91. The van der Waals surface area contributed by atoms with Crippen LogP contribution >= 0.6 is 0 Å². The second kappa shape index (κ2) is 20.0. The molecular formula is C27H48FNO. The normalized spacial score (nSPS) is 12.4. The van der Waals surface area contributed by atoms with E-state index in [4.69, 9.17) is 0 Å². The Morgan fingerprint density at radius 1 is 0.667 bits per heavy atom. The highest BCUT2D eigenvalue weighted by Gasteiger charge is 2.06. The third-order valence-electron chi connectivity index (χ3n) is 6.06. The van der Waals surface area contributed by atoms with Gasteiger partial charge < -0.3 is 10.4 Å².